The predicted molar refractivity (Wildman–Crippen MR) is 297 cm³/mol. The molecule has 0 aromatic rings. The van der Waals surface area contributed by atoms with Gasteiger partial charge in [-0.2, -0.15) is 0 Å². The molecule has 0 radical (unpaired) electrons. The molecule has 6 nitrogen and oxygen atoms in total. The number of esters is 1. The quantitative estimate of drug-likeness (QED) is 0.0321. The molecule has 2 atom stereocenters. The van der Waals surface area contributed by atoms with Crippen LogP contribution in [0.1, 0.15) is 348 Å². The van der Waals surface area contributed by atoms with Gasteiger partial charge in [0.15, 0.2) is 0 Å². The van der Waals surface area contributed by atoms with Crippen LogP contribution in [0, 0.1) is 0 Å². The highest BCUT2D eigenvalue weighted by molar-refractivity contribution is 5.76. The molecular weight excluding hydrogens is 839 g/mol. The van der Waals surface area contributed by atoms with Crippen molar-refractivity contribution in [3.8, 4) is 0 Å². The summed E-state index contributed by atoms with van der Waals surface area (Å²) in [6, 6.07) is -0.548. The van der Waals surface area contributed by atoms with Gasteiger partial charge in [-0.1, -0.05) is 296 Å². The van der Waals surface area contributed by atoms with Crippen LogP contribution in [0.4, 0.5) is 0 Å². The van der Waals surface area contributed by atoms with E-state index in [0.717, 1.165) is 38.5 Å². The Morgan fingerprint density at radius 2 is 0.691 bits per heavy atom. The molecule has 1 amide bonds. The number of aliphatic hydroxyl groups is 2. The molecule has 0 aliphatic carbocycles. The van der Waals surface area contributed by atoms with E-state index in [1.165, 1.54) is 276 Å². The van der Waals surface area contributed by atoms with Crippen LogP contribution < -0.4 is 5.32 Å². The van der Waals surface area contributed by atoms with E-state index in [-0.39, 0.29) is 18.5 Å². The van der Waals surface area contributed by atoms with Gasteiger partial charge in [0.25, 0.3) is 0 Å². The SMILES string of the molecule is CCCCCCCCCCCCCCCCCCCCC(O)C(CO)NC(=O)CCCCCCCCC/C=C\CCCCCCCCCCOC(=O)CCCCCCCCCCCCCCCC. The van der Waals surface area contributed by atoms with Gasteiger partial charge in [-0.25, -0.2) is 0 Å². The molecule has 0 spiro atoms. The number of rotatable bonds is 58. The van der Waals surface area contributed by atoms with Crippen molar-refractivity contribution >= 4 is 11.9 Å². The first-order chi connectivity index (χ1) is 33.5. The lowest BCUT2D eigenvalue weighted by atomic mass is 10.0. The van der Waals surface area contributed by atoms with Crippen molar-refractivity contribution in [1.82, 2.24) is 5.32 Å². The Hall–Kier alpha value is -1.40. The number of nitrogens with one attached hydrogen (secondary N) is 1. The zero-order valence-corrected chi connectivity index (χ0v) is 46.1. The van der Waals surface area contributed by atoms with E-state index in [9.17, 15) is 19.8 Å². The molecule has 404 valence electrons. The molecule has 0 aromatic heterocycles. The number of amides is 1. The summed E-state index contributed by atoms with van der Waals surface area (Å²) in [5.74, 6) is -0.0343. The number of ether oxygens (including phenoxy) is 1. The minimum absolute atomic E-state index is 0.00704. The molecule has 6 heteroatoms. The zero-order valence-electron chi connectivity index (χ0n) is 46.1. The van der Waals surface area contributed by atoms with Crippen LogP contribution in [0.25, 0.3) is 0 Å². The summed E-state index contributed by atoms with van der Waals surface area (Å²) in [6.07, 6.45) is 69.3. The van der Waals surface area contributed by atoms with Crippen molar-refractivity contribution in [3.63, 3.8) is 0 Å². The summed E-state index contributed by atoms with van der Waals surface area (Å²) >= 11 is 0. The molecular formula is C62H121NO5. The van der Waals surface area contributed by atoms with E-state index in [0.29, 0.717) is 25.9 Å². The highest BCUT2D eigenvalue weighted by Gasteiger charge is 2.20. The van der Waals surface area contributed by atoms with Crippen LogP contribution in [0.2, 0.25) is 0 Å². The summed E-state index contributed by atoms with van der Waals surface area (Å²) in [5, 5.41) is 23.3. The molecule has 0 bridgehead atoms. The lowest BCUT2D eigenvalue weighted by molar-refractivity contribution is -0.143. The van der Waals surface area contributed by atoms with Gasteiger partial charge in [0.2, 0.25) is 5.91 Å². The Morgan fingerprint density at radius 3 is 1.04 bits per heavy atom. The maximum atomic E-state index is 12.5. The summed E-state index contributed by atoms with van der Waals surface area (Å²) in [6.45, 7) is 4.97. The van der Waals surface area contributed by atoms with Crippen molar-refractivity contribution in [2.75, 3.05) is 13.2 Å². The first kappa shape index (κ1) is 66.6. The second-order valence-electron chi connectivity index (χ2n) is 21.4. The largest absolute Gasteiger partial charge is 0.466 e. The highest BCUT2D eigenvalue weighted by atomic mass is 16.5. The van der Waals surface area contributed by atoms with Crippen LogP contribution in [0.5, 0.6) is 0 Å². The molecule has 0 aliphatic heterocycles. The van der Waals surface area contributed by atoms with Gasteiger partial charge in [0.05, 0.1) is 25.4 Å². The number of hydrogen-bond donors (Lipinski definition) is 3. The van der Waals surface area contributed by atoms with Gasteiger partial charge in [0, 0.05) is 12.8 Å². The average molecular weight is 961 g/mol. The number of allylic oxidation sites excluding steroid dienone is 2. The number of hydrogen-bond acceptors (Lipinski definition) is 5. The van der Waals surface area contributed by atoms with Crippen molar-refractivity contribution in [3.05, 3.63) is 12.2 Å². The Balaban J connectivity index is 3.43. The predicted octanol–water partition coefficient (Wildman–Crippen LogP) is 19.2. The Morgan fingerprint density at radius 1 is 0.397 bits per heavy atom. The summed E-state index contributed by atoms with van der Waals surface area (Å²) in [7, 11) is 0. The van der Waals surface area contributed by atoms with Crippen molar-refractivity contribution in [2.45, 2.75) is 360 Å². The van der Waals surface area contributed by atoms with Crippen LogP contribution >= 0.6 is 0 Å². The van der Waals surface area contributed by atoms with E-state index in [2.05, 4.69) is 31.3 Å². The van der Waals surface area contributed by atoms with Gasteiger partial charge in [-0.05, 0) is 51.4 Å². The topological polar surface area (TPSA) is 95.9 Å². The van der Waals surface area contributed by atoms with E-state index < -0.39 is 12.1 Å². The van der Waals surface area contributed by atoms with Gasteiger partial charge in [-0.15, -0.1) is 0 Å². The Labute approximate surface area is 425 Å². The molecule has 0 saturated carbocycles. The van der Waals surface area contributed by atoms with Crippen molar-refractivity contribution in [1.29, 1.82) is 0 Å². The second kappa shape index (κ2) is 58.2. The maximum Gasteiger partial charge on any atom is 0.305 e. The van der Waals surface area contributed by atoms with E-state index >= 15 is 0 Å². The third kappa shape index (κ3) is 53.9. The van der Waals surface area contributed by atoms with Crippen LogP contribution in [-0.4, -0.2) is 47.4 Å². The molecule has 0 aliphatic rings. The molecule has 0 rings (SSSR count). The Bertz CT molecular complexity index is 1020. The first-order valence-corrected chi connectivity index (χ1v) is 30.9. The molecule has 0 heterocycles. The zero-order chi connectivity index (χ0) is 49.3. The summed E-state index contributed by atoms with van der Waals surface area (Å²) in [4.78, 5) is 24.5. The Kier molecular flexibility index (Phi) is 57.0. The number of carbonyl (C=O) groups is 2. The number of aliphatic hydroxyl groups excluding tert-OH is 2. The standard InChI is InChI=1S/C62H121NO5/c1-3-5-7-9-11-13-15-17-19-20-24-27-30-34-38-42-46-50-54-60(65)59(58-64)63-61(66)55-51-47-43-39-35-31-28-25-22-21-23-26-29-33-37-41-45-49-53-57-68-62(67)56-52-48-44-40-36-32-18-16-14-12-10-8-6-4-2/h21-22,59-60,64-65H,3-20,23-58H2,1-2H3,(H,63,66)/b22-21-. The minimum atomic E-state index is -0.670. The maximum absolute atomic E-state index is 12.5. The molecule has 3 N–H and O–H groups in total. The monoisotopic (exact) mass is 960 g/mol. The van der Waals surface area contributed by atoms with Crippen molar-refractivity contribution in [2.24, 2.45) is 0 Å². The third-order valence-electron chi connectivity index (χ3n) is 14.6. The van der Waals surface area contributed by atoms with Crippen LogP contribution in [0.15, 0.2) is 12.2 Å². The van der Waals surface area contributed by atoms with Crippen LogP contribution in [0.3, 0.4) is 0 Å². The highest BCUT2D eigenvalue weighted by Crippen LogP contribution is 2.18. The normalized spacial score (nSPS) is 12.6. The molecule has 0 aromatic carbocycles. The van der Waals surface area contributed by atoms with E-state index in [1.54, 1.807) is 0 Å². The molecule has 0 fully saturated rings. The lowest BCUT2D eigenvalue weighted by Crippen LogP contribution is -2.45. The van der Waals surface area contributed by atoms with Gasteiger partial charge < -0.3 is 20.3 Å². The number of carbonyl (C=O) groups excluding carboxylic acids is 2. The number of unbranched alkanes of at least 4 members (excludes halogenated alkanes) is 45. The third-order valence-corrected chi connectivity index (χ3v) is 14.6. The van der Waals surface area contributed by atoms with E-state index in [1.807, 2.05) is 0 Å². The summed E-state index contributed by atoms with van der Waals surface area (Å²) < 4.78 is 5.48. The van der Waals surface area contributed by atoms with Crippen molar-refractivity contribution < 1.29 is 24.5 Å². The van der Waals surface area contributed by atoms with Gasteiger partial charge >= 0.3 is 5.97 Å². The molecule has 2 unspecified atom stereocenters. The second-order valence-corrected chi connectivity index (χ2v) is 21.4. The molecule has 68 heavy (non-hydrogen) atoms. The van der Waals surface area contributed by atoms with Crippen LogP contribution in [-0.2, 0) is 14.3 Å². The summed E-state index contributed by atoms with van der Waals surface area (Å²) in [5.41, 5.74) is 0. The fraction of sp³-hybridized carbons (Fsp3) is 0.935. The van der Waals surface area contributed by atoms with Gasteiger partial charge in [0.1, 0.15) is 0 Å². The van der Waals surface area contributed by atoms with Gasteiger partial charge in [-0.3, -0.25) is 9.59 Å². The van der Waals surface area contributed by atoms with E-state index in [4.69, 9.17) is 4.74 Å². The molecule has 0 saturated heterocycles. The average Bonchev–Trinajstić information content (AvgIpc) is 3.34. The first-order valence-electron chi connectivity index (χ1n) is 30.9. The smallest absolute Gasteiger partial charge is 0.305 e. The lowest BCUT2D eigenvalue weighted by Gasteiger charge is -2.22. The fourth-order valence-corrected chi connectivity index (χ4v) is 9.81. The fourth-order valence-electron chi connectivity index (χ4n) is 9.81. The minimum Gasteiger partial charge on any atom is -0.466 e.